The highest BCUT2D eigenvalue weighted by Gasteiger charge is 2.24. The fourth-order valence-corrected chi connectivity index (χ4v) is 3.18. The lowest BCUT2D eigenvalue weighted by Crippen LogP contribution is -2.28. The number of rotatable bonds is 3. The van der Waals surface area contributed by atoms with E-state index in [0.29, 0.717) is 11.4 Å². The topological polar surface area (TPSA) is 97.9 Å². The molecule has 0 radical (unpaired) electrons. The first-order valence-electron chi connectivity index (χ1n) is 8.45. The van der Waals surface area contributed by atoms with Gasteiger partial charge >= 0.3 is 0 Å². The SMILES string of the molecule is Cc1cccc(-c2ncc3c(n2)N(c2ccncc2C(N)=O)CCC3)n1. The third-order valence-electron chi connectivity index (χ3n) is 4.40. The van der Waals surface area contributed by atoms with Crippen LogP contribution in [0.3, 0.4) is 0 Å². The number of fused-ring (bicyclic) bond motifs is 1. The van der Waals surface area contributed by atoms with Crippen molar-refractivity contribution in [2.24, 2.45) is 5.73 Å². The molecule has 4 heterocycles. The molecule has 1 aliphatic heterocycles. The summed E-state index contributed by atoms with van der Waals surface area (Å²) in [5, 5.41) is 0. The number of hydrogen-bond acceptors (Lipinski definition) is 6. The second-order valence-electron chi connectivity index (χ2n) is 6.22. The van der Waals surface area contributed by atoms with Gasteiger partial charge in [-0.05, 0) is 38.0 Å². The number of aromatic nitrogens is 4. The van der Waals surface area contributed by atoms with Crippen molar-refractivity contribution in [2.45, 2.75) is 19.8 Å². The maximum absolute atomic E-state index is 11.8. The Labute approximate surface area is 151 Å². The summed E-state index contributed by atoms with van der Waals surface area (Å²) in [5.41, 5.74) is 9.31. The van der Waals surface area contributed by atoms with Crippen molar-refractivity contribution in [2.75, 3.05) is 11.4 Å². The first kappa shape index (κ1) is 16.1. The molecule has 130 valence electrons. The molecular formula is C19H18N6O. The summed E-state index contributed by atoms with van der Waals surface area (Å²) in [6.07, 6.45) is 6.83. The number of pyridine rings is 2. The summed E-state index contributed by atoms with van der Waals surface area (Å²) in [7, 11) is 0. The summed E-state index contributed by atoms with van der Waals surface area (Å²) in [6, 6.07) is 7.56. The van der Waals surface area contributed by atoms with E-state index in [4.69, 9.17) is 10.7 Å². The van der Waals surface area contributed by atoms with Crippen LogP contribution in [0.15, 0.2) is 42.9 Å². The van der Waals surface area contributed by atoms with E-state index in [2.05, 4.69) is 15.0 Å². The summed E-state index contributed by atoms with van der Waals surface area (Å²) in [6.45, 7) is 2.68. The zero-order valence-electron chi connectivity index (χ0n) is 14.4. The minimum Gasteiger partial charge on any atom is -0.365 e. The number of anilines is 2. The quantitative estimate of drug-likeness (QED) is 0.782. The Kier molecular flexibility index (Phi) is 4.04. The second-order valence-corrected chi connectivity index (χ2v) is 6.22. The van der Waals surface area contributed by atoms with Crippen LogP contribution in [0.25, 0.3) is 11.5 Å². The number of primary amides is 1. The standard InChI is InChI=1S/C19H18N6O/c1-12-4-2-6-15(23-12)18-22-10-13-5-3-9-25(19(13)24-18)16-7-8-21-11-14(16)17(20)26/h2,4,6-8,10-11H,3,5,9H2,1H3,(H2,20,26). The van der Waals surface area contributed by atoms with Crippen LogP contribution in [-0.2, 0) is 6.42 Å². The van der Waals surface area contributed by atoms with Gasteiger partial charge in [-0.1, -0.05) is 6.07 Å². The molecule has 1 amide bonds. The van der Waals surface area contributed by atoms with Gasteiger partial charge < -0.3 is 10.6 Å². The van der Waals surface area contributed by atoms with E-state index in [-0.39, 0.29) is 0 Å². The minimum atomic E-state index is -0.505. The monoisotopic (exact) mass is 346 g/mol. The molecule has 1 aliphatic rings. The normalized spacial score (nSPS) is 13.3. The lowest BCUT2D eigenvalue weighted by Gasteiger charge is -2.31. The number of aryl methyl sites for hydroxylation is 2. The van der Waals surface area contributed by atoms with Crippen LogP contribution >= 0.6 is 0 Å². The van der Waals surface area contributed by atoms with E-state index < -0.39 is 5.91 Å². The van der Waals surface area contributed by atoms with E-state index in [9.17, 15) is 4.79 Å². The van der Waals surface area contributed by atoms with E-state index >= 15 is 0 Å². The highest BCUT2D eigenvalue weighted by atomic mass is 16.1. The highest BCUT2D eigenvalue weighted by Crippen LogP contribution is 2.34. The zero-order chi connectivity index (χ0) is 18.1. The highest BCUT2D eigenvalue weighted by molar-refractivity contribution is 5.99. The molecule has 0 bridgehead atoms. The van der Waals surface area contributed by atoms with Crippen molar-refractivity contribution in [3.05, 3.63) is 59.7 Å². The first-order valence-corrected chi connectivity index (χ1v) is 8.45. The van der Waals surface area contributed by atoms with Gasteiger partial charge in [0.05, 0.1) is 11.3 Å². The predicted octanol–water partition coefficient (Wildman–Crippen LogP) is 2.43. The van der Waals surface area contributed by atoms with Gasteiger partial charge in [0, 0.05) is 36.4 Å². The smallest absolute Gasteiger partial charge is 0.252 e. The van der Waals surface area contributed by atoms with Gasteiger partial charge in [0.1, 0.15) is 11.5 Å². The van der Waals surface area contributed by atoms with Crippen LogP contribution in [0, 0.1) is 6.92 Å². The number of carbonyl (C=O) groups is 1. The molecule has 0 saturated carbocycles. The Hall–Kier alpha value is -3.35. The maximum atomic E-state index is 11.8. The molecule has 3 aromatic rings. The average molecular weight is 346 g/mol. The van der Waals surface area contributed by atoms with Crippen molar-refractivity contribution in [1.82, 2.24) is 19.9 Å². The molecule has 0 saturated heterocycles. The lowest BCUT2D eigenvalue weighted by atomic mass is 10.1. The third kappa shape index (κ3) is 2.88. The van der Waals surface area contributed by atoms with Gasteiger partial charge in [-0.25, -0.2) is 15.0 Å². The van der Waals surface area contributed by atoms with Gasteiger partial charge in [0.25, 0.3) is 5.91 Å². The van der Waals surface area contributed by atoms with Crippen LogP contribution in [0.2, 0.25) is 0 Å². The molecule has 0 aromatic carbocycles. The number of hydrogen-bond donors (Lipinski definition) is 1. The number of nitrogens with zero attached hydrogens (tertiary/aromatic N) is 5. The second kappa shape index (κ2) is 6.51. The molecule has 4 rings (SSSR count). The number of nitrogens with two attached hydrogens (primary N) is 1. The van der Waals surface area contributed by atoms with Crippen LogP contribution in [0.5, 0.6) is 0 Å². The number of carbonyl (C=O) groups excluding carboxylic acids is 1. The minimum absolute atomic E-state index is 0.384. The third-order valence-corrected chi connectivity index (χ3v) is 4.40. The lowest BCUT2D eigenvalue weighted by molar-refractivity contribution is 0.100. The Bertz CT molecular complexity index is 987. The molecular weight excluding hydrogens is 328 g/mol. The van der Waals surface area contributed by atoms with Gasteiger partial charge in [0.2, 0.25) is 0 Å². The first-order chi connectivity index (χ1) is 12.6. The number of amides is 1. The van der Waals surface area contributed by atoms with Crippen LogP contribution in [-0.4, -0.2) is 32.4 Å². The molecule has 0 unspecified atom stereocenters. The van der Waals surface area contributed by atoms with Gasteiger partial charge in [-0.15, -0.1) is 0 Å². The predicted molar refractivity (Wildman–Crippen MR) is 98.1 cm³/mol. The average Bonchev–Trinajstić information content (AvgIpc) is 2.67. The van der Waals surface area contributed by atoms with Crippen LogP contribution < -0.4 is 10.6 Å². The summed E-state index contributed by atoms with van der Waals surface area (Å²) in [5.74, 6) is 0.849. The van der Waals surface area contributed by atoms with Crippen LogP contribution in [0.1, 0.15) is 28.0 Å². The Balaban J connectivity index is 1.83. The molecule has 0 aliphatic carbocycles. The summed E-state index contributed by atoms with van der Waals surface area (Å²) in [4.78, 5) is 31.6. The van der Waals surface area contributed by atoms with E-state index in [0.717, 1.165) is 47.8 Å². The van der Waals surface area contributed by atoms with E-state index in [1.54, 1.807) is 12.3 Å². The summed E-state index contributed by atoms with van der Waals surface area (Å²) >= 11 is 0. The molecule has 7 nitrogen and oxygen atoms in total. The Morgan fingerprint density at radius 2 is 2.08 bits per heavy atom. The van der Waals surface area contributed by atoms with Gasteiger partial charge in [-0.2, -0.15) is 0 Å². The van der Waals surface area contributed by atoms with Crippen molar-refractivity contribution < 1.29 is 4.79 Å². The van der Waals surface area contributed by atoms with E-state index in [1.165, 1.54) is 6.20 Å². The van der Waals surface area contributed by atoms with Crippen molar-refractivity contribution >= 4 is 17.4 Å². The maximum Gasteiger partial charge on any atom is 0.252 e. The van der Waals surface area contributed by atoms with Crippen molar-refractivity contribution in [3.63, 3.8) is 0 Å². The molecule has 2 N–H and O–H groups in total. The molecule has 26 heavy (non-hydrogen) atoms. The van der Waals surface area contributed by atoms with Crippen molar-refractivity contribution in [1.29, 1.82) is 0 Å². The molecule has 7 heteroatoms. The van der Waals surface area contributed by atoms with Crippen molar-refractivity contribution in [3.8, 4) is 11.5 Å². The molecule has 0 spiro atoms. The van der Waals surface area contributed by atoms with Crippen LogP contribution in [0.4, 0.5) is 11.5 Å². The summed E-state index contributed by atoms with van der Waals surface area (Å²) < 4.78 is 0. The fraction of sp³-hybridized carbons (Fsp3) is 0.211. The molecule has 0 atom stereocenters. The molecule has 0 fully saturated rings. The zero-order valence-corrected chi connectivity index (χ0v) is 14.4. The fourth-order valence-electron chi connectivity index (χ4n) is 3.18. The van der Waals surface area contributed by atoms with E-state index in [1.807, 2.05) is 36.2 Å². The Morgan fingerprint density at radius 3 is 2.88 bits per heavy atom. The largest absolute Gasteiger partial charge is 0.365 e. The van der Waals surface area contributed by atoms with Gasteiger partial charge in [0.15, 0.2) is 5.82 Å². The van der Waals surface area contributed by atoms with Gasteiger partial charge in [-0.3, -0.25) is 9.78 Å². The molecule has 3 aromatic heterocycles. The Morgan fingerprint density at radius 1 is 1.19 bits per heavy atom.